The molecule has 0 bridgehead atoms. The van der Waals surface area contributed by atoms with Crippen molar-refractivity contribution < 1.29 is 14.7 Å². The first-order valence-electron chi connectivity index (χ1n) is 16.2. The summed E-state index contributed by atoms with van der Waals surface area (Å²) in [5, 5.41) is 14.3. The lowest BCUT2D eigenvalue weighted by molar-refractivity contribution is -0.119. The number of rotatable bonds is 6. The second kappa shape index (κ2) is 14.3. The Hall–Kier alpha value is -5.10. The number of fused-ring (bicyclic) bond motifs is 2. The average Bonchev–Trinajstić information content (AvgIpc) is 3.14. The number of anilines is 5. The summed E-state index contributed by atoms with van der Waals surface area (Å²) in [5.74, 6) is 0.868. The molecule has 3 aromatic rings. The van der Waals surface area contributed by atoms with Crippen LogP contribution < -0.4 is 25.8 Å². The summed E-state index contributed by atoms with van der Waals surface area (Å²) in [5.41, 5.74) is 12.9. The fourth-order valence-electron chi connectivity index (χ4n) is 5.96. The lowest BCUT2D eigenvalue weighted by atomic mass is 10.0. The molecule has 6 rings (SSSR count). The number of aryl methyl sites for hydroxylation is 1. The van der Waals surface area contributed by atoms with Crippen molar-refractivity contribution in [2.24, 2.45) is 15.9 Å². The molecule has 1 aromatic heterocycles. The van der Waals surface area contributed by atoms with Gasteiger partial charge in [0.05, 0.1) is 17.9 Å². The SMILES string of the molecule is CC1=NC=CCC1.CC1=N[C@@H](CC(C)C)C(=O)N(C)c2cc(C(O)Nc3ccc(C)c(N4Cc5cnc(N)nc5N(C)C4=O)c3)ccc21. The summed E-state index contributed by atoms with van der Waals surface area (Å²) in [6.45, 7) is 10.3. The molecule has 0 aliphatic carbocycles. The number of nitrogens with zero attached hydrogens (tertiary/aromatic N) is 7. The van der Waals surface area contributed by atoms with Crippen molar-refractivity contribution in [1.82, 2.24) is 9.97 Å². The van der Waals surface area contributed by atoms with Crippen LogP contribution in [0.1, 0.15) is 75.4 Å². The third-order valence-corrected chi connectivity index (χ3v) is 8.65. The summed E-state index contributed by atoms with van der Waals surface area (Å²) in [6, 6.07) is 10.4. The Morgan fingerprint density at radius 3 is 2.48 bits per heavy atom. The number of likely N-dealkylation sites (N-methyl/N-ethyl adjacent to an activating group) is 1. The zero-order valence-electron chi connectivity index (χ0n) is 28.7. The van der Waals surface area contributed by atoms with E-state index in [0.29, 0.717) is 40.8 Å². The van der Waals surface area contributed by atoms with Crippen LogP contribution in [0.5, 0.6) is 0 Å². The predicted molar refractivity (Wildman–Crippen MR) is 193 cm³/mol. The molecule has 0 radical (unpaired) electrons. The molecule has 2 atom stereocenters. The number of benzene rings is 2. The Bertz CT molecular complexity index is 1800. The normalized spacial score (nSPS) is 17.9. The molecule has 12 heteroatoms. The van der Waals surface area contributed by atoms with Gasteiger partial charge in [0, 0.05) is 60.3 Å². The van der Waals surface area contributed by atoms with E-state index in [1.807, 2.05) is 56.4 Å². The number of nitrogens with two attached hydrogens (primary N) is 1. The Labute approximate surface area is 282 Å². The zero-order chi connectivity index (χ0) is 34.7. The van der Waals surface area contributed by atoms with Crippen molar-refractivity contribution >= 4 is 52.2 Å². The van der Waals surface area contributed by atoms with Crippen LogP contribution in [0.25, 0.3) is 0 Å². The number of aromatic nitrogens is 2. The van der Waals surface area contributed by atoms with Crippen molar-refractivity contribution in [2.75, 3.05) is 39.8 Å². The van der Waals surface area contributed by atoms with Crippen LogP contribution in [0.4, 0.5) is 33.6 Å². The molecule has 4 N–H and O–H groups in total. The largest absolute Gasteiger partial charge is 0.369 e. The minimum Gasteiger partial charge on any atom is -0.369 e. The lowest BCUT2D eigenvalue weighted by Crippen LogP contribution is -2.46. The second-order valence-electron chi connectivity index (χ2n) is 12.9. The van der Waals surface area contributed by atoms with Gasteiger partial charge in [-0.1, -0.05) is 38.1 Å². The number of benzodiazepines with no additional fused rings is 1. The molecule has 3 aliphatic rings. The topological polar surface area (TPSA) is 153 Å². The number of allylic oxidation sites excluding steroid dienone is 1. The molecule has 2 aromatic carbocycles. The van der Waals surface area contributed by atoms with Crippen molar-refractivity contribution in [3.05, 3.63) is 77.1 Å². The van der Waals surface area contributed by atoms with Gasteiger partial charge in [0.15, 0.2) is 6.23 Å². The van der Waals surface area contributed by atoms with E-state index in [1.54, 1.807) is 30.1 Å². The van der Waals surface area contributed by atoms with E-state index in [1.165, 1.54) is 17.0 Å². The molecule has 0 fully saturated rings. The Balaban J connectivity index is 0.000000572. The van der Waals surface area contributed by atoms with Crippen LogP contribution in [-0.2, 0) is 11.3 Å². The van der Waals surface area contributed by atoms with Crippen LogP contribution in [-0.4, -0.2) is 58.6 Å². The number of nitrogen functional groups attached to an aromatic ring is 1. The van der Waals surface area contributed by atoms with Gasteiger partial charge in [-0.15, -0.1) is 0 Å². The summed E-state index contributed by atoms with van der Waals surface area (Å²) in [7, 11) is 3.40. The fraction of sp³-hybridized carbons (Fsp3) is 0.389. The highest BCUT2D eigenvalue weighted by atomic mass is 16.3. The lowest BCUT2D eigenvalue weighted by Gasteiger charge is -2.35. The number of aliphatic imine (C=N–C) groups is 2. The molecule has 12 nitrogen and oxygen atoms in total. The fourth-order valence-corrected chi connectivity index (χ4v) is 5.96. The Morgan fingerprint density at radius 1 is 1.04 bits per heavy atom. The van der Waals surface area contributed by atoms with E-state index in [-0.39, 0.29) is 24.4 Å². The molecule has 0 spiro atoms. The molecule has 0 saturated carbocycles. The van der Waals surface area contributed by atoms with Crippen LogP contribution in [0.3, 0.4) is 0 Å². The molecule has 4 heterocycles. The number of nitrogens with one attached hydrogen (secondary N) is 1. The summed E-state index contributed by atoms with van der Waals surface area (Å²) >= 11 is 0. The van der Waals surface area contributed by atoms with Crippen molar-refractivity contribution in [3.8, 4) is 0 Å². The highest BCUT2D eigenvalue weighted by molar-refractivity contribution is 6.12. The smallest absolute Gasteiger partial charge is 0.330 e. The van der Waals surface area contributed by atoms with E-state index in [2.05, 4.69) is 47.1 Å². The maximum absolute atomic E-state index is 13.3. The highest BCUT2D eigenvalue weighted by Crippen LogP contribution is 2.34. The average molecular weight is 652 g/mol. The monoisotopic (exact) mass is 651 g/mol. The first kappa shape index (κ1) is 34.2. The molecule has 3 amide bonds. The van der Waals surface area contributed by atoms with E-state index >= 15 is 0 Å². The summed E-state index contributed by atoms with van der Waals surface area (Å²) < 4.78 is 0. The molecule has 48 heavy (non-hydrogen) atoms. The van der Waals surface area contributed by atoms with Gasteiger partial charge in [-0.2, -0.15) is 4.98 Å². The van der Waals surface area contributed by atoms with E-state index in [0.717, 1.165) is 28.8 Å². The van der Waals surface area contributed by atoms with Crippen LogP contribution in [0.15, 0.2) is 64.9 Å². The maximum Gasteiger partial charge on any atom is 0.330 e. The van der Waals surface area contributed by atoms with Crippen molar-refractivity contribution in [3.63, 3.8) is 0 Å². The number of amides is 3. The van der Waals surface area contributed by atoms with Gasteiger partial charge in [-0.25, -0.2) is 9.78 Å². The van der Waals surface area contributed by atoms with Gasteiger partial charge in [0.25, 0.3) is 5.91 Å². The first-order valence-corrected chi connectivity index (χ1v) is 16.2. The standard InChI is InChI=1S/C30H36N8O3.C6H9N/c1-16(2)11-23-28(40)36(5)25-12-19(8-10-22(25)18(4)33-23)27(39)34-21-9-7-17(3)24(13-21)38-15-20-14-32-29(31)35-26(20)37(6)30(38)41;1-6-4-2-3-5-7-6/h7-10,12-14,16,23,27,34,39H,11,15H2,1-6H3,(H2,31,32,35);3,5H,2,4H2,1H3/t23-,27?;/m0./s1. The zero-order valence-corrected chi connectivity index (χ0v) is 28.7. The van der Waals surface area contributed by atoms with E-state index < -0.39 is 12.3 Å². The summed E-state index contributed by atoms with van der Waals surface area (Å²) in [6.07, 6.45) is 7.52. The quantitative estimate of drug-likeness (QED) is 0.276. The highest BCUT2D eigenvalue weighted by Gasteiger charge is 2.32. The second-order valence-corrected chi connectivity index (χ2v) is 12.9. The van der Waals surface area contributed by atoms with Crippen molar-refractivity contribution in [2.45, 2.75) is 72.7 Å². The van der Waals surface area contributed by atoms with Crippen LogP contribution in [0.2, 0.25) is 0 Å². The van der Waals surface area contributed by atoms with E-state index in [4.69, 9.17) is 10.7 Å². The number of carbonyl (C=O) groups is 2. The van der Waals surface area contributed by atoms with Crippen LogP contribution >= 0.6 is 0 Å². The molecule has 1 unspecified atom stereocenters. The van der Waals surface area contributed by atoms with Crippen molar-refractivity contribution in [1.29, 1.82) is 0 Å². The molecule has 3 aliphatic heterocycles. The van der Waals surface area contributed by atoms with Crippen LogP contribution in [0, 0.1) is 12.8 Å². The van der Waals surface area contributed by atoms with E-state index in [9.17, 15) is 14.7 Å². The third-order valence-electron chi connectivity index (χ3n) is 8.65. The minimum atomic E-state index is -1.07. The summed E-state index contributed by atoms with van der Waals surface area (Å²) in [4.78, 5) is 48.3. The van der Waals surface area contributed by atoms with Gasteiger partial charge in [0.1, 0.15) is 11.9 Å². The number of urea groups is 1. The Kier molecular flexibility index (Phi) is 10.2. The number of carbonyl (C=O) groups excluding carboxylic acids is 2. The number of aliphatic hydroxyl groups excluding tert-OH is 1. The molecular formula is C36H45N9O3. The van der Waals surface area contributed by atoms with Gasteiger partial charge in [-0.05, 0) is 69.7 Å². The minimum absolute atomic E-state index is 0.0644. The molecule has 0 saturated heterocycles. The van der Waals surface area contributed by atoms with Gasteiger partial charge < -0.3 is 21.1 Å². The number of aliphatic hydroxyl groups is 1. The van der Waals surface area contributed by atoms with Gasteiger partial charge >= 0.3 is 6.03 Å². The third kappa shape index (κ3) is 7.38. The predicted octanol–water partition coefficient (Wildman–Crippen LogP) is 6.00. The van der Waals surface area contributed by atoms with Gasteiger partial charge in [0.2, 0.25) is 5.95 Å². The first-order chi connectivity index (χ1) is 22.8. The number of hydrogen-bond acceptors (Lipinski definition) is 9. The maximum atomic E-state index is 13.3. The Morgan fingerprint density at radius 2 is 1.81 bits per heavy atom. The molecule has 252 valence electrons. The van der Waals surface area contributed by atoms with Gasteiger partial charge in [-0.3, -0.25) is 24.6 Å². The number of hydrogen-bond donors (Lipinski definition) is 3. The molecular weight excluding hydrogens is 606 g/mol.